The Balaban J connectivity index is 1.43. The first-order valence-electron chi connectivity index (χ1n) is 10.6. The Bertz CT molecular complexity index is 995. The van der Waals surface area contributed by atoms with Crippen molar-refractivity contribution in [2.75, 3.05) is 32.1 Å². The summed E-state index contributed by atoms with van der Waals surface area (Å²) in [5, 5.41) is 5.81. The minimum absolute atomic E-state index is 0.201. The zero-order chi connectivity index (χ0) is 21.5. The molecule has 2 aromatic carbocycles. The van der Waals surface area contributed by atoms with Crippen LogP contribution in [0.5, 0.6) is 5.75 Å². The Morgan fingerprint density at radius 2 is 1.94 bits per heavy atom. The van der Waals surface area contributed by atoms with Crippen molar-refractivity contribution in [3.05, 3.63) is 89.7 Å². The molecule has 2 amide bonds. The van der Waals surface area contributed by atoms with Crippen molar-refractivity contribution >= 4 is 11.7 Å². The molecule has 31 heavy (non-hydrogen) atoms. The van der Waals surface area contributed by atoms with Gasteiger partial charge in [-0.1, -0.05) is 36.4 Å². The van der Waals surface area contributed by atoms with Gasteiger partial charge in [0.05, 0.1) is 7.11 Å². The normalized spacial score (nSPS) is 15.7. The van der Waals surface area contributed by atoms with Crippen LogP contribution >= 0.6 is 0 Å². The van der Waals surface area contributed by atoms with Crippen LogP contribution in [-0.2, 0) is 12.8 Å². The summed E-state index contributed by atoms with van der Waals surface area (Å²) in [5.41, 5.74) is 4.73. The summed E-state index contributed by atoms with van der Waals surface area (Å²) in [4.78, 5) is 18.6. The summed E-state index contributed by atoms with van der Waals surface area (Å²) < 4.78 is 5.43. The Hall–Kier alpha value is -3.38. The second kappa shape index (κ2) is 10.1. The van der Waals surface area contributed by atoms with Crippen LogP contribution in [0, 0.1) is 0 Å². The first-order valence-corrected chi connectivity index (χ1v) is 10.6. The standard InChI is InChI=1S/C25H28N4O2/c1-31-22-7-8-23-20(18-22)11-15-29(24(23)17-19-5-3-2-4-6-19)16-14-27-25(30)28-21-9-12-26-13-10-21/h2-10,12-13,18,24H,11,14-17H2,1H3,(H2,26,27,28,30). The smallest absolute Gasteiger partial charge is 0.319 e. The number of nitrogens with one attached hydrogen (secondary N) is 2. The van der Waals surface area contributed by atoms with Crippen LogP contribution in [0.15, 0.2) is 73.1 Å². The van der Waals surface area contributed by atoms with E-state index in [1.807, 2.05) is 12.1 Å². The number of amides is 2. The number of hydrogen-bond acceptors (Lipinski definition) is 4. The van der Waals surface area contributed by atoms with Crippen LogP contribution in [0.4, 0.5) is 10.5 Å². The molecule has 0 aliphatic carbocycles. The van der Waals surface area contributed by atoms with Gasteiger partial charge in [0.25, 0.3) is 0 Å². The van der Waals surface area contributed by atoms with E-state index in [1.54, 1.807) is 31.6 Å². The van der Waals surface area contributed by atoms with Crippen LogP contribution in [0.25, 0.3) is 0 Å². The van der Waals surface area contributed by atoms with E-state index in [1.165, 1.54) is 16.7 Å². The van der Waals surface area contributed by atoms with Crippen LogP contribution < -0.4 is 15.4 Å². The summed E-state index contributed by atoms with van der Waals surface area (Å²) >= 11 is 0. The second-order valence-corrected chi connectivity index (χ2v) is 7.67. The number of nitrogens with zero attached hydrogens (tertiary/aromatic N) is 2. The molecule has 1 unspecified atom stereocenters. The number of anilines is 1. The first kappa shape index (κ1) is 20.9. The Kier molecular flexibility index (Phi) is 6.79. The highest BCUT2D eigenvalue weighted by molar-refractivity contribution is 5.89. The number of methoxy groups -OCH3 is 1. The first-order chi connectivity index (χ1) is 15.2. The molecule has 160 valence electrons. The van der Waals surface area contributed by atoms with Gasteiger partial charge in [0.15, 0.2) is 0 Å². The lowest BCUT2D eigenvalue weighted by Gasteiger charge is -2.38. The molecule has 6 nitrogen and oxygen atoms in total. The minimum atomic E-state index is -0.201. The molecule has 1 aromatic heterocycles. The molecule has 1 aliphatic rings. The van der Waals surface area contributed by atoms with Gasteiger partial charge in [-0.2, -0.15) is 0 Å². The quantitative estimate of drug-likeness (QED) is 0.610. The summed E-state index contributed by atoms with van der Waals surface area (Å²) in [6.07, 6.45) is 5.22. The maximum atomic E-state index is 12.2. The number of aromatic nitrogens is 1. The predicted molar refractivity (Wildman–Crippen MR) is 122 cm³/mol. The number of rotatable bonds is 7. The summed E-state index contributed by atoms with van der Waals surface area (Å²) in [5.74, 6) is 0.903. The van der Waals surface area contributed by atoms with E-state index >= 15 is 0 Å². The van der Waals surface area contributed by atoms with Gasteiger partial charge >= 0.3 is 6.03 Å². The van der Waals surface area contributed by atoms with Crippen molar-refractivity contribution < 1.29 is 9.53 Å². The maximum absolute atomic E-state index is 12.2. The molecular formula is C25H28N4O2. The lowest BCUT2D eigenvalue weighted by Crippen LogP contribution is -2.42. The summed E-state index contributed by atoms with van der Waals surface area (Å²) in [7, 11) is 1.71. The van der Waals surface area contributed by atoms with E-state index in [9.17, 15) is 4.79 Å². The van der Waals surface area contributed by atoms with E-state index in [0.717, 1.165) is 37.4 Å². The number of fused-ring (bicyclic) bond motifs is 1. The van der Waals surface area contributed by atoms with Crippen molar-refractivity contribution in [2.45, 2.75) is 18.9 Å². The molecule has 0 saturated carbocycles. The average Bonchev–Trinajstić information content (AvgIpc) is 2.81. The third kappa shape index (κ3) is 5.41. The van der Waals surface area contributed by atoms with Gasteiger partial charge in [-0.05, 0) is 53.8 Å². The number of pyridine rings is 1. The lowest BCUT2D eigenvalue weighted by atomic mass is 9.88. The molecule has 0 fully saturated rings. The monoisotopic (exact) mass is 416 g/mol. The topological polar surface area (TPSA) is 66.5 Å². The van der Waals surface area contributed by atoms with E-state index in [4.69, 9.17) is 4.74 Å². The highest BCUT2D eigenvalue weighted by Crippen LogP contribution is 2.34. The van der Waals surface area contributed by atoms with Gasteiger partial charge < -0.3 is 15.4 Å². The zero-order valence-corrected chi connectivity index (χ0v) is 17.8. The molecule has 0 bridgehead atoms. The lowest BCUT2D eigenvalue weighted by molar-refractivity contribution is 0.184. The maximum Gasteiger partial charge on any atom is 0.319 e. The predicted octanol–water partition coefficient (Wildman–Crippen LogP) is 4.05. The Morgan fingerprint density at radius 3 is 2.71 bits per heavy atom. The molecule has 4 rings (SSSR count). The van der Waals surface area contributed by atoms with Crippen molar-refractivity contribution in [3.63, 3.8) is 0 Å². The second-order valence-electron chi connectivity index (χ2n) is 7.67. The van der Waals surface area contributed by atoms with E-state index in [-0.39, 0.29) is 12.1 Å². The van der Waals surface area contributed by atoms with Gasteiger partial charge in [-0.3, -0.25) is 9.88 Å². The number of benzene rings is 2. The van der Waals surface area contributed by atoms with Crippen LogP contribution in [0.1, 0.15) is 22.7 Å². The molecule has 2 heterocycles. The van der Waals surface area contributed by atoms with Crippen molar-refractivity contribution in [3.8, 4) is 5.75 Å². The summed E-state index contributed by atoms with van der Waals surface area (Å²) in [6, 6.07) is 20.6. The van der Waals surface area contributed by atoms with Crippen molar-refractivity contribution in [1.29, 1.82) is 0 Å². The molecule has 0 radical (unpaired) electrons. The summed E-state index contributed by atoms with van der Waals surface area (Å²) in [6.45, 7) is 2.31. The SMILES string of the molecule is COc1ccc2c(c1)CCN(CCNC(=O)Nc1ccncc1)C2Cc1ccccc1. The average molecular weight is 417 g/mol. The number of urea groups is 1. The molecular weight excluding hydrogens is 388 g/mol. The Labute approximate surface area is 183 Å². The number of ether oxygens (including phenoxy) is 1. The number of hydrogen-bond donors (Lipinski definition) is 2. The van der Waals surface area contributed by atoms with E-state index in [0.29, 0.717) is 6.54 Å². The van der Waals surface area contributed by atoms with Crippen molar-refractivity contribution in [1.82, 2.24) is 15.2 Å². The fraction of sp³-hybridized carbons (Fsp3) is 0.280. The van der Waals surface area contributed by atoms with E-state index in [2.05, 4.69) is 56.9 Å². The van der Waals surface area contributed by atoms with Gasteiger partial charge in [0.1, 0.15) is 5.75 Å². The van der Waals surface area contributed by atoms with Gasteiger partial charge in [-0.15, -0.1) is 0 Å². The van der Waals surface area contributed by atoms with Gasteiger partial charge in [0.2, 0.25) is 0 Å². The fourth-order valence-electron chi connectivity index (χ4n) is 4.13. The third-order valence-electron chi connectivity index (χ3n) is 5.71. The zero-order valence-electron chi connectivity index (χ0n) is 17.8. The van der Waals surface area contributed by atoms with Crippen molar-refractivity contribution in [2.24, 2.45) is 0 Å². The van der Waals surface area contributed by atoms with Crippen LogP contribution in [0.2, 0.25) is 0 Å². The molecule has 1 atom stereocenters. The number of carbonyl (C=O) groups is 1. The highest BCUT2D eigenvalue weighted by atomic mass is 16.5. The fourth-order valence-corrected chi connectivity index (χ4v) is 4.13. The number of carbonyl (C=O) groups excluding carboxylic acids is 1. The van der Waals surface area contributed by atoms with Crippen LogP contribution in [0.3, 0.4) is 0 Å². The third-order valence-corrected chi connectivity index (χ3v) is 5.71. The minimum Gasteiger partial charge on any atom is -0.497 e. The molecule has 2 N–H and O–H groups in total. The van der Waals surface area contributed by atoms with Gasteiger partial charge in [-0.25, -0.2) is 4.79 Å². The molecule has 3 aromatic rings. The molecule has 0 spiro atoms. The Morgan fingerprint density at radius 1 is 1.13 bits per heavy atom. The highest BCUT2D eigenvalue weighted by Gasteiger charge is 2.27. The van der Waals surface area contributed by atoms with Crippen LogP contribution in [-0.4, -0.2) is 42.7 Å². The van der Waals surface area contributed by atoms with E-state index < -0.39 is 0 Å². The largest absolute Gasteiger partial charge is 0.497 e. The molecule has 0 saturated heterocycles. The molecule has 1 aliphatic heterocycles. The van der Waals surface area contributed by atoms with Gasteiger partial charge in [0, 0.05) is 43.8 Å². The molecule has 6 heteroatoms.